The van der Waals surface area contributed by atoms with E-state index in [1.54, 1.807) is 6.07 Å². The van der Waals surface area contributed by atoms with Gasteiger partial charge < -0.3 is 15.5 Å². The monoisotopic (exact) mass is 224 g/mol. The smallest absolute Gasteiger partial charge is 0.273 e. The summed E-state index contributed by atoms with van der Waals surface area (Å²) in [4.78, 5) is 15.4. The van der Waals surface area contributed by atoms with E-state index in [2.05, 4.69) is 10.3 Å². The van der Waals surface area contributed by atoms with Crippen molar-refractivity contribution in [3.8, 4) is 5.75 Å². The van der Waals surface area contributed by atoms with Crippen molar-refractivity contribution in [1.82, 2.24) is 10.3 Å². The van der Waals surface area contributed by atoms with E-state index in [1.807, 2.05) is 6.92 Å². The fraction of sp³-hybridized carbons (Fsp3) is 0.455. The van der Waals surface area contributed by atoms with Crippen molar-refractivity contribution in [2.45, 2.75) is 25.8 Å². The Kier molecular flexibility index (Phi) is 4.72. The molecule has 0 spiro atoms. The average molecular weight is 224 g/mol. The lowest BCUT2D eigenvalue weighted by Crippen LogP contribution is -2.33. The Balaban J connectivity index is 2.56. The molecule has 0 saturated carbocycles. The lowest BCUT2D eigenvalue weighted by atomic mass is 10.2. The standard InChI is InChI=1S/C11H16N2O3/c1-8(4-3-7-14)13-11(16)10-9(15)5-2-6-12-10/h2,5-6,8,14-15H,3-4,7H2,1H3,(H,13,16). The Morgan fingerprint density at radius 2 is 2.38 bits per heavy atom. The summed E-state index contributed by atoms with van der Waals surface area (Å²) in [5.41, 5.74) is 0.0262. The maximum atomic E-state index is 11.6. The zero-order valence-electron chi connectivity index (χ0n) is 9.18. The lowest BCUT2D eigenvalue weighted by Gasteiger charge is -2.12. The number of nitrogens with one attached hydrogen (secondary N) is 1. The Morgan fingerprint density at radius 1 is 1.62 bits per heavy atom. The summed E-state index contributed by atoms with van der Waals surface area (Å²) in [6.45, 7) is 1.95. The number of nitrogens with zero attached hydrogens (tertiary/aromatic N) is 1. The minimum absolute atomic E-state index is 0.0262. The number of aromatic nitrogens is 1. The minimum Gasteiger partial charge on any atom is -0.505 e. The first-order chi connectivity index (χ1) is 7.65. The van der Waals surface area contributed by atoms with Gasteiger partial charge in [-0.15, -0.1) is 0 Å². The van der Waals surface area contributed by atoms with Crippen LogP contribution in [0, 0.1) is 0 Å². The van der Waals surface area contributed by atoms with Crippen LogP contribution in [0.5, 0.6) is 5.75 Å². The number of amides is 1. The van der Waals surface area contributed by atoms with Gasteiger partial charge >= 0.3 is 0 Å². The molecule has 16 heavy (non-hydrogen) atoms. The summed E-state index contributed by atoms with van der Waals surface area (Å²) < 4.78 is 0. The lowest BCUT2D eigenvalue weighted by molar-refractivity contribution is 0.0928. The van der Waals surface area contributed by atoms with Gasteiger partial charge in [0, 0.05) is 18.8 Å². The van der Waals surface area contributed by atoms with Crippen LogP contribution < -0.4 is 5.32 Å². The molecule has 1 aromatic heterocycles. The van der Waals surface area contributed by atoms with Crippen molar-refractivity contribution in [2.24, 2.45) is 0 Å². The first-order valence-electron chi connectivity index (χ1n) is 5.21. The molecule has 1 unspecified atom stereocenters. The van der Waals surface area contributed by atoms with Crippen LogP contribution in [0.2, 0.25) is 0 Å². The van der Waals surface area contributed by atoms with E-state index in [0.717, 1.165) is 0 Å². The SMILES string of the molecule is CC(CCCO)NC(=O)c1ncccc1O. The summed E-state index contributed by atoms with van der Waals surface area (Å²) in [6, 6.07) is 2.92. The minimum atomic E-state index is -0.400. The molecule has 0 bridgehead atoms. The molecule has 0 aliphatic rings. The molecule has 1 atom stereocenters. The van der Waals surface area contributed by atoms with Crippen LogP contribution in [-0.2, 0) is 0 Å². The molecular weight excluding hydrogens is 208 g/mol. The molecule has 0 aromatic carbocycles. The van der Waals surface area contributed by atoms with Crippen LogP contribution in [0.4, 0.5) is 0 Å². The highest BCUT2D eigenvalue weighted by atomic mass is 16.3. The van der Waals surface area contributed by atoms with Crippen molar-refractivity contribution in [2.75, 3.05) is 6.61 Å². The number of hydrogen-bond donors (Lipinski definition) is 3. The van der Waals surface area contributed by atoms with E-state index in [4.69, 9.17) is 5.11 Å². The van der Waals surface area contributed by atoms with Gasteiger partial charge in [-0.2, -0.15) is 0 Å². The van der Waals surface area contributed by atoms with Gasteiger partial charge in [-0.05, 0) is 31.9 Å². The van der Waals surface area contributed by atoms with E-state index in [-0.39, 0.29) is 24.1 Å². The second kappa shape index (κ2) is 6.07. The molecule has 5 nitrogen and oxygen atoms in total. The molecular formula is C11H16N2O3. The van der Waals surface area contributed by atoms with Crippen LogP contribution in [0.15, 0.2) is 18.3 Å². The van der Waals surface area contributed by atoms with Crippen LogP contribution >= 0.6 is 0 Å². The van der Waals surface area contributed by atoms with Gasteiger partial charge in [0.2, 0.25) is 0 Å². The van der Waals surface area contributed by atoms with Crippen LogP contribution in [0.1, 0.15) is 30.3 Å². The normalized spacial score (nSPS) is 12.1. The molecule has 0 aliphatic heterocycles. The number of aliphatic hydroxyl groups is 1. The van der Waals surface area contributed by atoms with E-state index >= 15 is 0 Å². The van der Waals surface area contributed by atoms with Gasteiger partial charge in [0.15, 0.2) is 5.69 Å². The molecule has 1 aromatic rings. The van der Waals surface area contributed by atoms with Crippen molar-refractivity contribution in [3.63, 3.8) is 0 Å². The average Bonchev–Trinajstić information content (AvgIpc) is 2.26. The maximum absolute atomic E-state index is 11.6. The number of carbonyl (C=O) groups excluding carboxylic acids is 1. The molecule has 1 heterocycles. The van der Waals surface area contributed by atoms with E-state index in [0.29, 0.717) is 12.8 Å². The van der Waals surface area contributed by atoms with Gasteiger partial charge in [-0.3, -0.25) is 4.79 Å². The second-order valence-corrected chi connectivity index (χ2v) is 3.61. The summed E-state index contributed by atoms with van der Waals surface area (Å²) in [5.74, 6) is -0.530. The molecule has 3 N–H and O–H groups in total. The third-order valence-electron chi connectivity index (χ3n) is 2.17. The predicted octanol–water partition coefficient (Wildman–Crippen LogP) is 0.678. The predicted molar refractivity (Wildman–Crippen MR) is 59.1 cm³/mol. The quantitative estimate of drug-likeness (QED) is 0.686. The third-order valence-corrected chi connectivity index (χ3v) is 2.17. The van der Waals surface area contributed by atoms with Crippen LogP contribution in [-0.4, -0.2) is 33.8 Å². The molecule has 1 amide bonds. The molecule has 88 valence electrons. The summed E-state index contributed by atoms with van der Waals surface area (Å²) in [5, 5.41) is 20.8. The molecule has 0 fully saturated rings. The Hall–Kier alpha value is -1.62. The highest BCUT2D eigenvalue weighted by Gasteiger charge is 2.14. The highest BCUT2D eigenvalue weighted by Crippen LogP contribution is 2.12. The molecule has 0 radical (unpaired) electrons. The highest BCUT2D eigenvalue weighted by molar-refractivity contribution is 5.94. The summed E-state index contributed by atoms with van der Waals surface area (Å²) in [7, 11) is 0. The first-order valence-corrected chi connectivity index (χ1v) is 5.21. The van der Waals surface area contributed by atoms with Crippen molar-refractivity contribution >= 4 is 5.91 Å². The van der Waals surface area contributed by atoms with Gasteiger partial charge in [-0.1, -0.05) is 0 Å². The van der Waals surface area contributed by atoms with Gasteiger partial charge in [-0.25, -0.2) is 4.98 Å². The fourth-order valence-electron chi connectivity index (χ4n) is 1.33. The molecule has 0 aliphatic carbocycles. The third kappa shape index (κ3) is 3.51. The van der Waals surface area contributed by atoms with Crippen molar-refractivity contribution in [3.05, 3.63) is 24.0 Å². The van der Waals surface area contributed by atoms with Crippen LogP contribution in [0.25, 0.3) is 0 Å². The van der Waals surface area contributed by atoms with E-state index in [9.17, 15) is 9.90 Å². The molecule has 1 rings (SSSR count). The van der Waals surface area contributed by atoms with E-state index < -0.39 is 5.91 Å². The molecule has 5 heteroatoms. The van der Waals surface area contributed by atoms with Crippen LogP contribution in [0.3, 0.4) is 0 Å². The zero-order chi connectivity index (χ0) is 12.0. The Bertz CT molecular complexity index is 355. The van der Waals surface area contributed by atoms with Crippen molar-refractivity contribution in [1.29, 1.82) is 0 Å². The van der Waals surface area contributed by atoms with Gasteiger partial charge in [0.1, 0.15) is 5.75 Å². The fourth-order valence-corrected chi connectivity index (χ4v) is 1.33. The number of pyridine rings is 1. The molecule has 0 saturated heterocycles. The topological polar surface area (TPSA) is 82.5 Å². The first kappa shape index (κ1) is 12.4. The van der Waals surface area contributed by atoms with Gasteiger partial charge in [0.25, 0.3) is 5.91 Å². The summed E-state index contributed by atoms with van der Waals surface area (Å²) >= 11 is 0. The number of rotatable bonds is 5. The second-order valence-electron chi connectivity index (χ2n) is 3.61. The van der Waals surface area contributed by atoms with Crippen molar-refractivity contribution < 1.29 is 15.0 Å². The maximum Gasteiger partial charge on any atom is 0.273 e. The number of carbonyl (C=O) groups is 1. The van der Waals surface area contributed by atoms with E-state index in [1.165, 1.54) is 12.3 Å². The number of aromatic hydroxyl groups is 1. The Labute approximate surface area is 94.1 Å². The number of hydrogen-bond acceptors (Lipinski definition) is 4. The largest absolute Gasteiger partial charge is 0.505 e. The zero-order valence-corrected chi connectivity index (χ0v) is 9.18. The summed E-state index contributed by atoms with van der Waals surface area (Å²) in [6.07, 6.45) is 2.78. The number of aliphatic hydroxyl groups excluding tert-OH is 1. The van der Waals surface area contributed by atoms with Gasteiger partial charge in [0.05, 0.1) is 0 Å². The Morgan fingerprint density at radius 3 is 3.00 bits per heavy atom.